The maximum atomic E-state index is 14.0. The fourth-order valence-corrected chi connectivity index (χ4v) is 6.23. The molecule has 6 rings (SSSR count). The van der Waals surface area contributed by atoms with Crippen LogP contribution in [-0.4, -0.2) is 36.5 Å². The average Bonchev–Trinajstić information content (AvgIpc) is 3.28. The van der Waals surface area contributed by atoms with Crippen molar-refractivity contribution >= 4 is 17.5 Å². The van der Waals surface area contributed by atoms with Crippen LogP contribution in [0.1, 0.15) is 67.7 Å². The Morgan fingerprint density at radius 3 is 2.58 bits per heavy atom. The first kappa shape index (κ1) is 20.5. The van der Waals surface area contributed by atoms with Crippen molar-refractivity contribution in [1.82, 2.24) is 4.90 Å². The van der Waals surface area contributed by atoms with Crippen LogP contribution >= 0.6 is 0 Å². The fraction of sp³-hybridized carbons (Fsp3) is 0.462. The lowest BCUT2D eigenvalue weighted by Gasteiger charge is -2.47. The topological polar surface area (TPSA) is 67.9 Å². The maximum absolute atomic E-state index is 14.0. The van der Waals surface area contributed by atoms with Gasteiger partial charge in [-0.2, -0.15) is 0 Å². The standard InChI is InChI=1S/C26H27FN2O4/c1-15-18-11-22-23(33-9-8-32-22)13-20(18)26(6-2-3-7-26)14-29(15)25(31)19-12-24(30)28-21-10-16(27)4-5-17(19)21/h4-5,10-11,13,15,19H,2-3,6-9,12,14H2,1H3,(H,28,30). The van der Waals surface area contributed by atoms with Crippen LogP contribution in [-0.2, 0) is 15.0 Å². The number of anilines is 1. The number of amides is 2. The molecule has 0 aromatic heterocycles. The Balaban J connectivity index is 1.42. The highest BCUT2D eigenvalue weighted by atomic mass is 19.1. The van der Waals surface area contributed by atoms with E-state index < -0.39 is 11.7 Å². The highest BCUT2D eigenvalue weighted by Gasteiger charge is 2.48. The van der Waals surface area contributed by atoms with Crippen molar-refractivity contribution in [3.8, 4) is 11.5 Å². The first-order valence-electron chi connectivity index (χ1n) is 11.8. The number of hydrogen-bond acceptors (Lipinski definition) is 4. The summed E-state index contributed by atoms with van der Waals surface area (Å²) in [6.07, 6.45) is 4.35. The number of nitrogens with zero attached hydrogens (tertiary/aromatic N) is 1. The first-order chi connectivity index (χ1) is 15.9. The van der Waals surface area contributed by atoms with Gasteiger partial charge in [-0.1, -0.05) is 18.9 Å². The van der Waals surface area contributed by atoms with Gasteiger partial charge in [0.25, 0.3) is 0 Å². The lowest BCUT2D eigenvalue weighted by atomic mass is 9.71. The zero-order chi connectivity index (χ0) is 22.7. The largest absolute Gasteiger partial charge is 0.486 e. The van der Waals surface area contributed by atoms with Crippen molar-refractivity contribution in [2.24, 2.45) is 0 Å². The van der Waals surface area contributed by atoms with Gasteiger partial charge in [-0.25, -0.2) is 4.39 Å². The molecule has 2 aromatic rings. The molecule has 3 heterocycles. The van der Waals surface area contributed by atoms with E-state index in [4.69, 9.17) is 9.47 Å². The Kier molecular flexibility index (Phi) is 4.64. The molecular weight excluding hydrogens is 423 g/mol. The number of hydrogen-bond donors (Lipinski definition) is 1. The summed E-state index contributed by atoms with van der Waals surface area (Å²) in [7, 11) is 0. The molecule has 1 spiro atoms. The van der Waals surface area contributed by atoms with Gasteiger partial charge in [-0.15, -0.1) is 0 Å². The lowest BCUT2D eigenvalue weighted by Crippen LogP contribution is -2.50. The number of carbonyl (C=O) groups excluding carboxylic acids is 2. The van der Waals surface area contributed by atoms with E-state index in [0.717, 1.165) is 42.7 Å². The monoisotopic (exact) mass is 450 g/mol. The molecule has 0 bridgehead atoms. The van der Waals surface area contributed by atoms with Crippen molar-refractivity contribution in [3.05, 3.63) is 52.8 Å². The Morgan fingerprint density at radius 2 is 1.82 bits per heavy atom. The molecule has 33 heavy (non-hydrogen) atoms. The van der Waals surface area contributed by atoms with Crippen LogP contribution in [0.2, 0.25) is 0 Å². The zero-order valence-electron chi connectivity index (χ0n) is 18.7. The summed E-state index contributed by atoms with van der Waals surface area (Å²) in [5.41, 5.74) is 3.33. The van der Waals surface area contributed by atoms with Gasteiger partial charge in [0.2, 0.25) is 11.8 Å². The van der Waals surface area contributed by atoms with E-state index in [9.17, 15) is 14.0 Å². The summed E-state index contributed by atoms with van der Waals surface area (Å²) >= 11 is 0. The minimum atomic E-state index is -0.617. The van der Waals surface area contributed by atoms with Crippen molar-refractivity contribution < 1.29 is 23.5 Å². The number of nitrogens with one attached hydrogen (secondary N) is 1. The number of benzene rings is 2. The molecule has 6 nitrogen and oxygen atoms in total. The molecule has 4 aliphatic rings. The van der Waals surface area contributed by atoms with Gasteiger partial charge in [0.15, 0.2) is 11.5 Å². The van der Waals surface area contributed by atoms with Gasteiger partial charge < -0.3 is 19.7 Å². The second-order valence-corrected chi connectivity index (χ2v) is 9.75. The van der Waals surface area contributed by atoms with Crippen molar-refractivity contribution in [1.29, 1.82) is 0 Å². The maximum Gasteiger partial charge on any atom is 0.231 e. The molecule has 1 aliphatic carbocycles. The van der Waals surface area contributed by atoms with Crippen molar-refractivity contribution in [2.75, 3.05) is 25.1 Å². The molecule has 0 radical (unpaired) electrons. The van der Waals surface area contributed by atoms with Crippen LogP contribution < -0.4 is 14.8 Å². The minimum Gasteiger partial charge on any atom is -0.486 e. The Morgan fingerprint density at radius 1 is 1.09 bits per heavy atom. The van der Waals surface area contributed by atoms with Crippen LogP contribution in [0.25, 0.3) is 0 Å². The normalized spacial score (nSPS) is 24.8. The minimum absolute atomic E-state index is 0.0711. The summed E-state index contributed by atoms with van der Waals surface area (Å²) in [5.74, 6) is 0.141. The second-order valence-electron chi connectivity index (χ2n) is 9.75. The predicted octanol–water partition coefficient (Wildman–Crippen LogP) is 4.44. The van der Waals surface area contributed by atoms with Crippen LogP contribution in [0.4, 0.5) is 10.1 Å². The van der Waals surface area contributed by atoms with Gasteiger partial charge in [-0.3, -0.25) is 9.59 Å². The van der Waals surface area contributed by atoms with Crippen LogP contribution in [0.5, 0.6) is 11.5 Å². The number of fused-ring (bicyclic) bond motifs is 4. The van der Waals surface area contributed by atoms with Crippen LogP contribution in [0.3, 0.4) is 0 Å². The van der Waals surface area contributed by atoms with Gasteiger partial charge in [-0.05, 0) is 60.7 Å². The van der Waals surface area contributed by atoms with E-state index in [1.807, 2.05) is 17.9 Å². The molecule has 2 atom stereocenters. The molecule has 1 fully saturated rings. The summed E-state index contributed by atoms with van der Waals surface area (Å²) in [6.45, 7) is 3.72. The Hall–Kier alpha value is -3.09. The third kappa shape index (κ3) is 3.20. The number of ether oxygens (including phenoxy) is 2. The smallest absolute Gasteiger partial charge is 0.231 e. The zero-order valence-corrected chi connectivity index (χ0v) is 18.7. The molecule has 2 unspecified atom stereocenters. The molecule has 2 aromatic carbocycles. The van der Waals surface area contributed by atoms with E-state index in [1.165, 1.54) is 17.7 Å². The molecular formula is C26H27FN2O4. The molecule has 7 heteroatoms. The second kappa shape index (κ2) is 7.47. The molecule has 1 N–H and O–H groups in total. The van der Waals surface area contributed by atoms with E-state index >= 15 is 0 Å². The lowest BCUT2D eigenvalue weighted by molar-refractivity contribution is -0.138. The molecule has 0 saturated heterocycles. The van der Waals surface area contributed by atoms with Crippen LogP contribution in [0, 0.1) is 5.82 Å². The van der Waals surface area contributed by atoms with Gasteiger partial charge >= 0.3 is 0 Å². The molecule has 2 amide bonds. The number of halogens is 1. The highest BCUT2D eigenvalue weighted by Crippen LogP contribution is 2.52. The summed E-state index contributed by atoms with van der Waals surface area (Å²) in [6, 6.07) is 8.30. The van der Waals surface area contributed by atoms with Crippen LogP contribution in [0.15, 0.2) is 30.3 Å². The van der Waals surface area contributed by atoms with E-state index in [1.54, 1.807) is 6.07 Å². The van der Waals surface area contributed by atoms with E-state index in [0.29, 0.717) is 31.0 Å². The SMILES string of the molecule is CC1c2cc3c(cc2C2(CCCC2)CN1C(=O)C1CC(=O)Nc2cc(F)ccc21)OCCO3. The van der Waals surface area contributed by atoms with Gasteiger partial charge in [0, 0.05) is 24.1 Å². The van der Waals surface area contributed by atoms with Crippen molar-refractivity contribution in [2.45, 2.75) is 56.4 Å². The fourth-order valence-electron chi connectivity index (χ4n) is 6.23. The van der Waals surface area contributed by atoms with E-state index in [2.05, 4.69) is 11.4 Å². The number of carbonyl (C=O) groups is 2. The van der Waals surface area contributed by atoms with Crippen molar-refractivity contribution in [3.63, 3.8) is 0 Å². The van der Waals surface area contributed by atoms with E-state index in [-0.39, 0.29) is 29.7 Å². The summed E-state index contributed by atoms with van der Waals surface area (Å²) in [4.78, 5) is 28.3. The highest BCUT2D eigenvalue weighted by molar-refractivity contribution is 6.01. The first-order valence-corrected chi connectivity index (χ1v) is 11.8. The third-order valence-corrected chi connectivity index (χ3v) is 7.87. The Bertz CT molecular complexity index is 1160. The van der Waals surface area contributed by atoms with Gasteiger partial charge in [0.05, 0.1) is 12.0 Å². The molecule has 1 saturated carbocycles. The predicted molar refractivity (Wildman–Crippen MR) is 120 cm³/mol. The Labute approximate surface area is 192 Å². The summed E-state index contributed by atoms with van der Waals surface area (Å²) < 4.78 is 25.5. The molecule has 3 aliphatic heterocycles. The third-order valence-electron chi connectivity index (χ3n) is 7.87. The number of rotatable bonds is 1. The average molecular weight is 451 g/mol. The quantitative estimate of drug-likeness (QED) is 0.698. The molecule has 172 valence electrons. The summed E-state index contributed by atoms with van der Waals surface area (Å²) in [5, 5.41) is 2.72. The van der Waals surface area contributed by atoms with Gasteiger partial charge in [0.1, 0.15) is 19.0 Å².